The van der Waals surface area contributed by atoms with Gasteiger partial charge in [0.15, 0.2) is 0 Å². The van der Waals surface area contributed by atoms with Gasteiger partial charge in [-0.1, -0.05) is 26.1 Å². The van der Waals surface area contributed by atoms with E-state index in [2.05, 4.69) is 23.6 Å². The third-order valence-corrected chi connectivity index (χ3v) is 4.52. The van der Waals surface area contributed by atoms with Crippen LogP contribution in [0.3, 0.4) is 0 Å². The van der Waals surface area contributed by atoms with Crippen LogP contribution >= 0.6 is 12.2 Å². The molecule has 21 heavy (non-hydrogen) atoms. The molecule has 0 spiro atoms. The maximum atomic E-state index is 5.87. The Hall–Kier alpha value is -1.33. The molecule has 0 amide bonds. The molecule has 2 N–H and O–H groups in total. The highest BCUT2D eigenvalue weighted by atomic mass is 32.1. The fourth-order valence-electron chi connectivity index (χ4n) is 3.11. The molecule has 1 aromatic carbocycles. The third kappa shape index (κ3) is 3.47. The molecule has 1 fully saturated rings. The molecule has 1 aromatic rings. The van der Waals surface area contributed by atoms with Crippen molar-refractivity contribution in [2.24, 2.45) is 5.73 Å². The number of ether oxygens (including phenoxy) is 1. The van der Waals surface area contributed by atoms with E-state index >= 15 is 0 Å². The quantitative estimate of drug-likeness (QED) is 0.817. The van der Waals surface area contributed by atoms with Crippen molar-refractivity contribution >= 4 is 22.9 Å². The number of likely N-dealkylation sites (N-methyl/N-ethyl adjacent to an activating group) is 1. The van der Waals surface area contributed by atoms with E-state index in [-0.39, 0.29) is 0 Å². The Bertz CT molecular complexity index is 502. The fraction of sp³-hybridized carbons (Fsp3) is 0.562. The summed E-state index contributed by atoms with van der Waals surface area (Å²) >= 11 is 5.19. The zero-order valence-electron chi connectivity index (χ0n) is 13.1. The summed E-state index contributed by atoms with van der Waals surface area (Å²) in [6.07, 6.45) is 1.18. The van der Waals surface area contributed by atoms with E-state index in [1.807, 2.05) is 18.2 Å². The molecule has 0 radical (unpaired) electrons. The van der Waals surface area contributed by atoms with Crippen LogP contribution in [0.2, 0.25) is 0 Å². The number of methoxy groups -OCH3 is 1. The molecule has 1 saturated heterocycles. The molecule has 116 valence electrons. The molecule has 1 heterocycles. The first-order chi connectivity index (χ1) is 10.1. The van der Waals surface area contributed by atoms with Crippen LogP contribution in [-0.4, -0.2) is 49.2 Å². The lowest BCUT2D eigenvalue weighted by Crippen LogP contribution is -2.37. The molecule has 0 aliphatic carbocycles. The zero-order chi connectivity index (χ0) is 15.4. The SMILES string of the molecule is CCN(CC)C1CCN(c2cc(OC)ccc2C(N)=S)C1. The van der Waals surface area contributed by atoms with Gasteiger partial charge in [-0.3, -0.25) is 4.90 Å². The molecule has 1 aliphatic rings. The third-order valence-electron chi connectivity index (χ3n) is 4.30. The summed E-state index contributed by atoms with van der Waals surface area (Å²) < 4.78 is 5.34. The van der Waals surface area contributed by atoms with Crippen LogP contribution in [0.1, 0.15) is 25.8 Å². The van der Waals surface area contributed by atoms with Crippen LogP contribution < -0.4 is 15.4 Å². The summed E-state index contributed by atoms with van der Waals surface area (Å²) in [5, 5.41) is 0. The van der Waals surface area contributed by atoms with Crippen molar-refractivity contribution in [3.63, 3.8) is 0 Å². The monoisotopic (exact) mass is 307 g/mol. The van der Waals surface area contributed by atoms with Crippen LogP contribution in [0.4, 0.5) is 5.69 Å². The molecule has 0 saturated carbocycles. The molecule has 1 aliphatic heterocycles. The maximum absolute atomic E-state index is 5.87. The average Bonchev–Trinajstić information content (AvgIpc) is 2.97. The highest BCUT2D eigenvalue weighted by Gasteiger charge is 2.28. The Morgan fingerprint density at radius 2 is 2.14 bits per heavy atom. The Morgan fingerprint density at radius 1 is 1.43 bits per heavy atom. The summed E-state index contributed by atoms with van der Waals surface area (Å²) in [7, 11) is 1.68. The van der Waals surface area contributed by atoms with Crippen LogP contribution in [-0.2, 0) is 0 Å². The first-order valence-corrected chi connectivity index (χ1v) is 7.98. The van der Waals surface area contributed by atoms with Crippen molar-refractivity contribution in [3.8, 4) is 5.75 Å². The van der Waals surface area contributed by atoms with Gasteiger partial charge >= 0.3 is 0 Å². The summed E-state index contributed by atoms with van der Waals surface area (Å²) in [6.45, 7) is 8.68. The van der Waals surface area contributed by atoms with Crippen LogP contribution in [0.15, 0.2) is 18.2 Å². The predicted molar refractivity (Wildman–Crippen MR) is 92.4 cm³/mol. The molecule has 1 atom stereocenters. The smallest absolute Gasteiger partial charge is 0.120 e. The van der Waals surface area contributed by atoms with Crippen molar-refractivity contribution in [3.05, 3.63) is 23.8 Å². The summed E-state index contributed by atoms with van der Waals surface area (Å²) in [5.41, 5.74) is 7.90. The lowest BCUT2D eigenvalue weighted by molar-refractivity contribution is 0.232. The number of rotatable bonds is 6. The van der Waals surface area contributed by atoms with Crippen molar-refractivity contribution in [2.75, 3.05) is 38.2 Å². The number of anilines is 1. The van der Waals surface area contributed by atoms with E-state index < -0.39 is 0 Å². The lowest BCUT2D eigenvalue weighted by atomic mass is 10.1. The van der Waals surface area contributed by atoms with Gasteiger partial charge in [0.2, 0.25) is 0 Å². The number of hydrogen-bond acceptors (Lipinski definition) is 4. The average molecular weight is 307 g/mol. The number of benzene rings is 1. The van der Waals surface area contributed by atoms with E-state index in [9.17, 15) is 0 Å². The number of thiocarbonyl (C=S) groups is 1. The van der Waals surface area contributed by atoms with Gasteiger partial charge in [-0.25, -0.2) is 0 Å². The van der Waals surface area contributed by atoms with Crippen LogP contribution in [0.25, 0.3) is 0 Å². The van der Waals surface area contributed by atoms with Crippen LogP contribution in [0, 0.1) is 0 Å². The van der Waals surface area contributed by atoms with E-state index in [0.29, 0.717) is 11.0 Å². The molecular weight excluding hydrogens is 282 g/mol. The molecular formula is C16H25N3OS. The first kappa shape index (κ1) is 16.0. The maximum Gasteiger partial charge on any atom is 0.120 e. The zero-order valence-corrected chi connectivity index (χ0v) is 13.9. The molecule has 5 heteroatoms. The minimum Gasteiger partial charge on any atom is -0.497 e. The largest absolute Gasteiger partial charge is 0.497 e. The predicted octanol–water partition coefficient (Wildman–Crippen LogP) is 2.25. The Morgan fingerprint density at radius 3 is 2.71 bits per heavy atom. The second-order valence-electron chi connectivity index (χ2n) is 5.36. The van der Waals surface area contributed by atoms with Gasteiger partial charge in [-0.05, 0) is 31.6 Å². The van der Waals surface area contributed by atoms with Gasteiger partial charge in [-0.15, -0.1) is 0 Å². The normalized spacial score (nSPS) is 18.3. The van der Waals surface area contributed by atoms with E-state index in [0.717, 1.165) is 43.2 Å². The van der Waals surface area contributed by atoms with Gasteiger partial charge in [0.05, 0.1) is 12.8 Å². The van der Waals surface area contributed by atoms with E-state index in [1.165, 1.54) is 6.42 Å². The highest BCUT2D eigenvalue weighted by Crippen LogP contribution is 2.30. The highest BCUT2D eigenvalue weighted by molar-refractivity contribution is 7.80. The minimum absolute atomic E-state index is 0.443. The Balaban J connectivity index is 2.24. The molecule has 2 rings (SSSR count). The molecule has 4 nitrogen and oxygen atoms in total. The summed E-state index contributed by atoms with van der Waals surface area (Å²) in [6, 6.07) is 6.52. The lowest BCUT2D eigenvalue weighted by Gasteiger charge is -2.27. The number of nitrogens with zero attached hydrogens (tertiary/aromatic N) is 2. The van der Waals surface area contributed by atoms with Gasteiger partial charge in [0, 0.05) is 30.8 Å². The number of nitrogens with two attached hydrogens (primary N) is 1. The minimum atomic E-state index is 0.443. The van der Waals surface area contributed by atoms with Crippen molar-refractivity contribution in [2.45, 2.75) is 26.3 Å². The summed E-state index contributed by atoms with van der Waals surface area (Å²) in [5.74, 6) is 0.844. The standard InChI is InChI=1S/C16H25N3OS/c1-4-18(5-2)12-8-9-19(11-12)15-10-13(20-3)6-7-14(15)16(17)21/h6-7,10,12H,4-5,8-9,11H2,1-3H3,(H2,17,21). The van der Waals surface area contributed by atoms with Crippen molar-refractivity contribution in [1.82, 2.24) is 4.90 Å². The van der Waals surface area contributed by atoms with Crippen molar-refractivity contribution < 1.29 is 4.74 Å². The van der Waals surface area contributed by atoms with Gasteiger partial charge in [0.25, 0.3) is 0 Å². The molecule has 1 unspecified atom stereocenters. The van der Waals surface area contributed by atoms with E-state index in [1.54, 1.807) is 7.11 Å². The number of hydrogen-bond donors (Lipinski definition) is 1. The van der Waals surface area contributed by atoms with Gasteiger partial charge < -0.3 is 15.4 Å². The van der Waals surface area contributed by atoms with Gasteiger partial charge in [-0.2, -0.15) is 0 Å². The Kier molecular flexibility index (Phi) is 5.42. The van der Waals surface area contributed by atoms with E-state index in [4.69, 9.17) is 22.7 Å². The Labute approximate surface area is 132 Å². The molecule has 0 bridgehead atoms. The van der Waals surface area contributed by atoms with Gasteiger partial charge in [0.1, 0.15) is 10.7 Å². The topological polar surface area (TPSA) is 41.7 Å². The fourth-order valence-corrected chi connectivity index (χ4v) is 3.28. The summed E-state index contributed by atoms with van der Waals surface area (Å²) in [4.78, 5) is 5.33. The van der Waals surface area contributed by atoms with Crippen molar-refractivity contribution in [1.29, 1.82) is 0 Å². The first-order valence-electron chi connectivity index (χ1n) is 7.57. The second-order valence-corrected chi connectivity index (χ2v) is 5.80. The van der Waals surface area contributed by atoms with Crippen LogP contribution in [0.5, 0.6) is 5.75 Å². The molecule has 0 aromatic heterocycles. The second kappa shape index (κ2) is 7.09.